The highest BCUT2D eigenvalue weighted by Crippen LogP contribution is 2.29. The largest absolute Gasteiger partial charge is 0.369 e. The average molecular weight is 1540 g/mol. The molecular formula is C95H161N17. The Morgan fingerprint density at radius 1 is 0.259 bits per heavy atom. The summed E-state index contributed by atoms with van der Waals surface area (Å²) in [7, 11) is 17.5. The van der Waals surface area contributed by atoms with Gasteiger partial charge in [0, 0.05) is 181 Å². The van der Waals surface area contributed by atoms with E-state index in [-0.39, 0.29) is 0 Å². The van der Waals surface area contributed by atoms with Gasteiger partial charge in [0.05, 0.1) is 30.0 Å². The minimum atomic E-state index is 0.836. The lowest BCUT2D eigenvalue weighted by Crippen LogP contribution is -2.49. The number of anilines is 4. The molecule has 9 fully saturated rings. The average Bonchev–Trinajstić information content (AvgIpc) is 0.879. The van der Waals surface area contributed by atoms with Gasteiger partial charge < -0.3 is 58.8 Å². The smallest absolute Gasteiger partial charge is 0.128 e. The molecule has 7 saturated heterocycles. The van der Waals surface area contributed by atoms with Gasteiger partial charge in [0.2, 0.25) is 0 Å². The second-order valence-corrected chi connectivity index (χ2v) is 34.7. The van der Waals surface area contributed by atoms with Gasteiger partial charge in [-0.05, 0) is 233 Å². The Morgan fingerprint density at radius 3 is 0.902 bits per heavy atom. The van der Waals surface area contributed by atoms with E-state index < -0.39 is 0 Å². The molecule has 626 valence electrons. The van der Waals surface area contributed by atoms with Crippen LogP contribution in [0.25, 0.3) is 0 Å². The highest BCUT2D eigenvalue weighted by Gasteiger charge is 2.26. The van der Waals surface area contributed by atoms with Crippen molar-refractivity contribution in [1.29, 1.82) is 0 Å². The lowest BCUT2D eigenvalue weighted by atomic mass is 9.84. The number of aromatic nitrogens is 4. The van der Waals surface area contributed by atoms with Crippen LogP contribution in [-0.2, 0) is 12.8 Å². The van der Waals surface area contributed by atoms with Crippen molar-refractivity contribution < 1.29 is 0 Å². The van der Waals surface area contributed by atoms with Crippen LogP contribution in [-0.4, -0.2) is 297 Å². The molecule has 7 aliphatic heterocycles. The van der Waals surface area contributed by atoms with Crippen LogP contribution in [0.1, 0.15) is 151 Å². The van der Waals surface area contributed by atoms with Crippen molar-refractivity contribution in [3.63, 3.8) is 0 Å². The minimum Gasteiger partial charge on any atom is -0.369 e. The van der Waals surface area contributed by atoms with Crippen molar-refractivity contribution in [2.75, 3.05) is 246 Å². The molecule has 0 spiro atoms. The first kappa shape index (κ1) is 94.7. The van der Waals surface area contributed by atoms with Crippen molar-refractivity contribution >= 4 is 22.9 Å². The zero-order valence-electron chi connectivity index (χ0n) is 74.9. The Hall–Kier alpha value is -6.12. The molecule has 15 rings (SSSR count). The number of rotatable bonds is 7. The summed E-state index contributed by atoms with van der Waals surface area (Å²) in [6.45, 7) is 56.9. The second kappa shape index (κ2) is 53.2. The van der Waals surface area contributed by atoms with Crippen molar-refractivity contribution in [3.05, 3.63) is 167 Å². The summed E-state index contributed by atoms with van der Waals surface area (Å²) in [5.74, 6) is 5.95. The first-order chi connectivity index (χ1) is 53.8. The molecular weight excluding hydrogens is 1380 g/mol. The Bertz CT molecular complexity index is 2870. The third-order valence-corrected chi connectivity index (χ3v) is 24.2. The van der Waals surface area contributed by atoms with Crippen molar-refractivity contribution in [3.8, 4) is 0 Å². The fraction of sp³-hybridized carbons (Fsp3) is 0.663. The van der Waals surface area contributed by atoms with E-state index in [2.05, 4.69) is 306 Å². The SMILES string of the molecule is CC1CCC(C)CC1.CC1CCC(N2CCN(C)CC2)CC1.CC1CCN(C)CC1.CCc1ccc(CC)cc1.CN1CCN(C)CC1.Cc1ccc(C)cc1.Cc1ccc(N2CCN(C)CC2)cc1.Cc1ccc(N2CCN(C)CC2)cn1.Cc1ccc(N2CCN(C)CC2)nc1.Cc1ncc(N2CCN(C)CC2)cn1. The molecule has 9 aliphatic rings. The summed E-state index contributed by atoms with van der Waals surface area (Å²) >= 11 is 0. The van der Waals surface area contributed by atoms with E-state index >= 15 is 0 Å². The lowest BCUT2D eigenvalue weighted by Gasteiger charge is -2.40. The molecule has 112 heavy (non-hydrogen) atoms. The van der Waals surface area contributed by atoms with E-state index in [4.69, 9.17) is 0 Å². The van der Waals surface area contributed by atoms with Gasteiger partial charge >= 0.3 is 0 Å². The van der Waals surface area contributed by atoms with Crippen LogP contribution in [0.5, 0.6) is 0 Å². The summed E-state index contributed by atoms with van der Waals surface area (Å²) in [6, 6.07) is 35.5. The maximum atomic E-state index is 4.43. The molecule has 0 bridgehead atoms. The summed E-state index contributed by atoms with van der Waals surface area (Å²) in [4.78, 5) is 48.4. The van der Waals surface area contributed by atoms with Crippen LogP contribution in [0.4, 0.5) is 22.9 Å². The van der Waals surface area contributed by atoms with Gasteiger partial charge in [-0.1, -0.05) is 151 Å². The molecule has 10 heterocycles. The Morgan fingerprint density at radius 2 is 0.554 bits per heavy atom. The molecule has 17 heteroatoms. The van der Waals surface area contributed by atoms with E-state index in [9.17, 15) is 0 Å². The number of aryl methyl sites for hydroxylation is 8. The van der Waals surface area contributed by atoms with Gasteiger partial charge in [0.15, 0.2) is 0 Å². The highest BCUT2D eigenvalue weighted by molar-refractivity contribution is 5.48. The molecule has 0 unspecified atom stereocenters. The zero-order chi connectivity index (χ0) is 81.2. The predicted octanol–water partition coefficient (Wildman–Crippen LogP) is 15.5. The number of benzene rings is 3. The number of piperazine rings is 6. The molecule has 0 radical (unpaired) electrons. The van der Waals surface area contributed by atoms with Gasteiger partial charge in [-0.15, -0.1) is 0 Å². The zero-order valence-corrected chi connectivity index (χ0v) is 74.9. The molecule has 0 amide bonds. The first-order valence-electron chi connectivity index (χ1n) is 43.8. The van der Waals surface area contributed by atoms with Gasteiger partial charge in [0.1, 0.15) is 11.6 Å². The fourth-order valence-electron chi connectivity index (χ4n) is 14.7. The van der Waals surface area contributed by atoms with E-state index in [1.54, 1.807) is 0 Å². The number of hydrogen-bond acceptors (Lipinski definition) is 17. The third kappa shape index (κ3) is 39.0. The standard InChI is InChI=1S/C12H24N2.C12H18N2.2C11H17N3.C10H16N4.C10H14.C8H16.C8H10.C7H15N.C6H14N2/c2*1-11-3-5-12(6-4-11)14-9-7-13(2)8-10-14;1-10-3-4-11(9-12-10)14-7-5-13(2)6-8-14;1-10-3-4-11(12-9-10)14-7-5-13(2)6-8-14;1-9-11-7-10(8-12-9)14-5-3-13(2)4-6-14;1-3-9-5-7-10(4-2)8-6-9;4*1-7-3-5-8(2)6-4-7/h11-12H,3-10H2,1-2H3;3-6H,7-10H2,1-2H3;2*3-4,9H,5-8H2,1-2H3;7-8H,3-6H2,1-2H3;5-8H,3-4H2,1-2H3;7-8H,3-6H2,1-2H3;3-6H,1-2H3;7H,3-6H2,1-2H3;3-6H2,1-2H3. The second-order valence-electron chi connectivity index (χ2n) is 34.7. The molecule has 0 atom stereocenters. The Labute approximate surface area is 685 Å². The van der Waals surface area contributed by atoms with Gasteiger partial charge in [0.25, 0.3) is 0 Å². The quantitative estimate of drug-likeness (QED) is 0.152. The number of nitrogens with zero attached hydrogens (tertiary/aromatic N) is 17. The van der Waals surface area contributed by atoms with E-state index in [1.165, 1.54) is 188 Å². The molecule has 17 nitrogen and oxygen atoms in total. The first-order valence-corrected chi connectivity index (χ1v) is 43.8. The van der Waals surface area contributed by atoms with E-state index in [1.807, 2.05) is 38.6 Å². The van der Waals surface area contributed by atoms with Crippen LogP contribution in [0.2, 0.25) is 0 Å². The Balaban J connectivity index is 0.000000196. The fourth-order valence-corrected chi connectivity index (χ4v) is 14.7. The topological polar surface area (TPSA) is 93.7 Å². The molecule has 0 N–H and O–H groups in total. The van der Waals surface area contributed by atoms with E-state index in [0.29, 0.717) is 0 Å². The molecule has 2 aliphatic carbocycles. The van der Waals surface area contributed by atoms with Crippen LogP contribution in [0, 0.1) is 65.2 Å². The number of pyridine rings is 2. The number of hydrogen-bond donors (Lipinski definition) is 0. The van der Waals surface area contributed by atoms with Crippen molar-refractivity contribution in [2.24, 2.45) is 23.7 Å². The summed E-state index contributed by atoms with van der Waals surface area (Å²) < 4.78 is 0. The van der Waals surface area contributed by atoms with Crippen LogP contribution < -0.4 is 19.6 Å². The molecule has 6 aromatic rings. The summed E-state index contributed by atoms with van der Waals surface area (Å²) in [6.07, 6.45) is 24.5. The van der Waals surface area contributed by atoms with Crippen LogP contribution in [0.15, 0.2) is 122 Å². The van der Waals surface area contributed by atoms with Gasteiger partial charge in [-0.25, -0.2) is 15.0 Å². The normalized spacial score (nSPS) is 22.1. The molecule has 3 aromatic heterocycles. The number of likely N-dealkylation sites (tertiary alicyclic amines) is 1. The van der Waals surface area contributed by atoms with Gasteiger partial charge in [-0.3, -0.25) is 9.88 Å². The highest BCUT2D eigenvalue weighted by atomic mass is 15.3. The lowest BCUT2D eigenvalue weighted by molar-refractivity contribution is 0.0832. The maximum Gasteiger partial charge on any atom is 0.128 e. The van der Waals surface area contributed by atoms with E-state index in [0.717, 1.165) is 157 Å². The maximum absolute atomic E-state index is 4.43. The van der Waals surface area contributed by atoms with Gasteiger partial charge in [-0.2, -0.15) is 0 Å². The summed E-state index contributed by atoms with van der Waals surface area (Å²) in [5.41, 5.74) is 12.9. The van der Waals surface area contributed by atoms with Crippen LogP contribution >= 0.6 is 0 Å². The minimum absolute atomic E-state index is 0.836. The van der Waals surface area contributed by atoms with Crippen molar-refractivity contribution in [1.82, 2.24) is 64.0 Å². The number of piperidine rings is 1. The van der Waals surface area contributed by atoms with Crippen molar-refractivity contribution in [2.45, 2.75) is 166 Å². The molecule has 3 aromatic carbocycles. The monoisotopic (exact) mass is 1540 g/mol. The predicted molar refractivity (Wildman–Crippen MR) is 484 cm³/mol. The Kier molecular flexibility index (Phi) is 45.0. The summed E-state index contributed by atoms with van der Waals surface area (Å²) in [5, 5.41) is 0. The van der Waals surface area contributed by atoms with Crippen LogP contribution in [0.3, 0.4) is 0 Å². The number of likely N-dealkylation sites (N-methyl/N-ethyl adjacent to an activating group) is 7. The third-order valence-electron chi connectivity index (χ3n) is 24.2. The molecule has 2 saturated carbocycles.